The smallest absolute Gasteiger partial charge is 0.136 e. The van der Waals surface area contributed by atoms with Crippen molar-refractivity contribution in [3.05, 3.63) is 70.8 Å². The van der Waals surface area contributed by atoms with E-state index in [4.69, 9.17) is 0 Å². The first-order valence-corrected chi connectivity index (χ1v) is 13.7. The number of alkyl halides is 2. The van der Waals surface area contributed by atoms with Crippen LogP contribution in [0.25, 0.3) is 0 Å². The zero-order valence-corrected chi connectivity index (χ0v) is 21.5. The van der Waals surface area contributed by atoms with E-state index in [-0.39, 0.29) is 0 Å². The van der Waals surface area contributed by atoms with Crippen LogP contribution in [-0.4, -0.2) is 17.0 Å². The number of halogens is 2. The molecule has 34 heavy (non-hydrogen) atoms. The standard InChI is InChI=1S/C31H43F2N/c1-4-26(34(24(2)3)23-25-13-6-5-7-14-25)17-18-27-28(30(32)19-8-9-20-30)15-12-16-29(27)31(33)21-10-11-22-31/h5-7,12-16,24,26H,4,8-11,17-23H2,1-3H3. The molecule has 2 aliphatic carbocycles. The minimum Gasteiger partial charge on any atom is -0.294 e. The van der Waals surface area contributed by atoms with Crippen molar-refractivity contribution in [1.29, 1.82) is 0 Å². The predicted octanol–water partition coefficient (Wildman–Crippen LogP) is 8.79. The number of rotatable bonds is 10. The molecule has 0 aromatic heterocycles. The Balaban J connectivity index is 1.63. The summed E-state index contributed by atoms with van der Waals surface area (Å²) < 4.78 is 32.3. The van der Waals surface area contributed by atoms with Gasteiger partial charge in [0.05, 0.1) is 0 Å². The van der Waals surface area contributed by atoms with E-state index in [0.29, 0.717) is 37.8 Å². The Morgan fingerprint density at radius 2 is 1.32 bits per heavy atom. The highest BCUT2D eigenvalue weighted by atomic mass is 19.1. The largest absolute Gasteiger partial charge is 0.294 e. The molecule has 186 valence electrons. The summed E-state index contributed by atoms with van der Waals surface area (Å²) in [4.78, 5) is 2.57. The van der Waals surface area contributed by atoms with Gasteiger partial charge in [0, 0.05) is 18.6 Å². The lowest BCUT2D eigenvalue weighted by molar-refractivity contribution is 0.130. The van der Waals surface area contributed by atoms with Gasteiger partial charge in [-0.25, -0.2) is 8.78 Å². The van der Waals surface area contributed by atoms with Crippen LogP contribution in [-0.2, 0) is 24.3 Å². The summed E-state index contributed by atoms with van der Waals surface area (Å²) in [5.41, 5.74) is 1.31. The van der Waals surface area contributed by atoms with Gasteiger partial charge in [0.25, 0.3) is 0 Å². The second kappa shape index (κ2) is 10.9. The fraction of sp³-hybridized carbons (Fsp3) is 0.613. The van der Waals surface area contributed by atoms with Gasteiger partial charge in [-0.1, -0.05) is 55.5 Å². The molecule has 1 unspecified atom stereocenters. The number of hydrogen-bond acceptors (Lipinski definition) is 1. The third kappa shape index (κ3) is 5.40. The molecule has 0 spiro atoms. The Morgan fingerprint density at radius 1 is 0.794 bits per heavy atom. The molecule has 0 aliphatic heterocycles. The van der Waals surface area contributed by atoms with Crippen molar-refractivity contribution in [3.8, 4) is 0 Å². The Morgan fingerprint density at radius 3 is 1.79 bits per heavy atom. The fourth-order valence-corrected chi connectivity index (χ4v) is 6.55. The molecule has 0 heterocycles. The van der Waals surface area contributed by atoms with Crippen molar-refractivity contribution >= 4 is 0 Å². The van der Waals surface area contributed by atoms with Crippen LogP contribution < -0.4 is 0 Å². The highest BCUT2D eigenvalue weighted by Gasteiger charge is 2.42. The van der Waals surface area contributed by atoms with Crippen molar-refractivity contribution in [1.82, 2.24) is 4.90 Å². The first-order chi connectivity index (χ1) is 16.4. The lowest BCUT2D eigenvalue weighted by atomic mass is 9.80. The number of nitrogens with zero attached hydrogens (tertiary/aromatic N) is 1. The van der Waals surface area contributed by atoms with E-state index in [9.17, 15) is 0 Å². The van der Waals surface area contributed by atoms with Crippen molar-refractivity contribution in [3.63, 3.8) is 0 Å². The summed E-state index contributed by atoms with van der Waals surface area (Å²) >= 11 is 0. The van der Waals surface area contributed by atoms with Crippen LogP contribution in [0.15, 0.2) is 48.5 Å². The van der Waals surface area contributed by atoms with E-state index in [0.717, 1.165) is 68.2 Å². The Kier molecular flexibility index (Phi) is 8.12. The summed E-state index contributed by atoms with van der Waals surface area (Å²) in [7, 11) is 0. The molecule has 0 amide bonds. The average Bonchev–Trinajstić information content (AvgIpc) is 3.49. The average molecular weight is 468 g/mol. The van der Waals surface area contributed by atoms with Gasteiger partial charge in [-0.2, -0.15) is 0 Å². The maximum absolute atomic E-state index is 16.1. The monoisotopic (exact) mass is 467 g/mol. The molecule has 1 nitrogen and oxygen atoms in total. The van der Waals surface area contributed by atoms with Crippen LogP contribution in [0.3, 0.4) is 0 Å². The van der Waals surface area contributed by atoms with E-state index in [1.165, 1.54) is 5.56 Å². The van der Waals surface area contributed by atoms with Crippen molar-refractivity contribution in [2.45, 2.75) is 121 Å². The first kappa shape index (κ1) is 25.4. The molecule has 0 bridgehead atoms. The maximum Gasteiger partial charge on any atom is 0.136 e. The van der Waals surface area contributed by atoms with Gasteiger partial charge in [0.2, 0.25) is 0 Å². The Bertz CT molecular complexity index is 870. The molecule has 0 radical (unpaired) electrons. The topological polar surface area (TPSA) is 3.24 Å². The zero-order chi connectivity index (χ0) is 24.2. The molecule has 0 saturated heterocycles. The second-order valence-corrected chi connectivity index (χ2v) is 11.0. The van der Waals surface area contributed by atoms with E-state index in [1.807, 2.05) is 18.2 Å². The van der Waals surface area contributed by atoms with Crippen LogP contribution in [0.1, 0.15) is 107 Å². The van der Waals surface area contributed by atoms with Gasteiger partial charge in [0.15, 0.2) is 0 Å². The van der Waals surface area contributed by atoms with Crippen LogP contribution in [0.2, 0.25) is 0 Å². The minimum absolute atomic E-state index is 0.374. The third-order valence-electron chi connectivity index (χ3n) is 8.47. The van der Waals surface area contributed by atoms with Crippen molar-refractivity contribution < 1.29 is 8.78 Å². The summed E-state index contributed by atoms with van der Waals surface area (Å²) in [6.45, 7) is 7.68. The molecule has 2 saturated carbocycles. The molecular formula is C31H43F2N. The Hall–Kier alpha value is -1.74. The normalized spacial score (nSPS) is 20.3. The lowest BCUT2D eigenvalue weighted by Gasteiger charge is -2.36. The van der Waals surface area contributed by atoms with Gasteiger partial charge in [-0.05, 0) is 107 Å². The maximum atomic E-state index is 16.1. The molecule has 3 heteroatoms. The van der Waals surface area contributed by atoms with Crippen LogP contribution in [0, 0.1) is 0 Å². The van der Waals surface area contributed by atoms with Gasteiger partial charge in [-0.15, -0.1) is 0 Å². The Labute approximate surface area is 206 Å². The molecule has 1 atom stereocenters. The van der Waals surface area contributed by atoms with Gasteiger partial charge < -0.3 is 0 Å². The fourth-order valence-electron chi connectivity index (χ4n) is 6.55. The zero-order valence-electron chi connectivity index (χ0n) is 21.5. The molecule has 4 rings (SSSR count). The summed E-state index contributed by atoms with van der Waals surface area (Å²) in [6.07, 6.45) is 8.72. The molecule has 2 fully saturated rings. The summed E-state index contributed by atoms with van der Waals surface area (Å²) in [6, 6.07) is 17.3. The highest BCUT2D eigenvalue weighted by Crippen LogP contribution is 2.49. The van der Waals surface area contributed by atoms with E-state index in [2.05, 4.69) is 56.0 Å². The van der Waals surface area contributed by atoms with E-state index in [1.54, 1.807) is 0 Å². The van der Waals surface area contributed by atoms with Crippen LogP contribution in [0.4, 0.5) is 8.78 Å². The van der Waals surface area contributed by atoms with Crippen molar-refractivity contribution in [2.75, 3.05) is 0 Å². The van der Waals surface area contributed by atoms with E-state index < -0.39 is 11.3 Å². The van der Waals surface area contributed by atoms with Crippen LogP contribution in [0.5, 0.6) is 0 Å². The molecular weight excluding hydrogens is 424 g/mol. The van der Waals surface area contributed by atoms with E-state index >= 15 is 8.78 Å². The van der Waals surface area contributed by atoms with Gasteiger partial charge in [0.1, 0.15) is 11.3 Å². The molecule has 0 N–H and O–H groups in total. The summed E-state index contributed by atoms with van der Waals surface area (Å²) in [5.74, 6) is 0. The molecule has 2 aromatic carbocycles. The molecule has 2 aromatic rings. The van der Waals surface area contributed by atoms with Crippen LogP contribution >= 0.6 is 0 Å². The lowest BCUT2D eigenvalue weighted by Crippen LogP contribution is -2.40. The van der Waals surface area contributed by atoms with Gasteiger partial charge in [-0.3, -0.25) is 4.90 Å². The number of hydrogen-bond donors (Lipinski definition) is 0. The summed E-state index contributed by atoms with van der Waals surface area (Å²) in [5, 5.41) is 0. The molecule has 2 aliphatic rings. The predicted molar refractivity (Wildman–Crippen MR) is 138 cm³/mol. The second-order valence-electron chi connectivity index (χ2n) is 11.0. The first-order valence-electron chi connectivity index (χ1n) is 13.7. The van der Waals surface area contributed by atoms with Crippen molar-refractivity contribution in [2.24, 2.45) is 0 Å². The quantitative estimate of drug-likeness (QED) is 0.337. The van der Waals surface area contributed by atoms with Gasteiger partial charge >= 0.3 is 0 Å². The number of benzene rings is 2. The SMILES string of the molecule is CCC(CCc1c(C2(F)CCCC2)cccc1C1(F)CCCC1)N(Cc1ccccc1)C(C)C. The third-order valence-corrected chi connectivity index (χ3v) is 8.47. The minimum atomic E-state index is -1.29. The highest BCUT2D eigenvalue weighted by molar-refractivity contribution is 5.43.